The predicted octanol–water partition coefficient (Wildman–Crippen LogP) is 2.48. The fourth-order valence-electron chi connectivity index (χ4n) is 2.35. The summed E-state index contributed by atoms with van der Waals surface area (Å²) in [5, 5.41) is 8.79. The third-order valence-corrected chi connectivity index (χ3v) is 4.47. The number of aryl methyl sites for hydroxylation is 2. The fraction of sp³-hybridized carbons (Fsp3) is 0.385. The molecule has 1 heterocycles. The lowest BCUT2D eigenvalue weighted by molar-refractivity contribution is 0.426. The number of nitrogens with zero attached hydrogens (tertiary/aromatic N) is 2. The molecule has 18 heavy (non-hydrogen) atoms. The molecule has 1 aromatic carbocycles. The number of thioether (sulfide) groups is 1. The second kappa shape index (κ2) is 4.74. The predicted molar refractivity (Wildman–Crippen MR) is 70.4 cm³/mol. The molecule has 2 N–H and O–H groups in total. The minimum Gasteiger partial charge on any atom is -0.416 e. The zero-order valence-corrected chi connectivity index (χ0v) is 11.0. The fourth-order valence-corrected chi connectivity index (χ4v) is 3.40. The van der Waals surface area contributed by atoms with E-state index in [2.05, 4.69) is 28.4 Å². The van der Waals surface area contributed by atoms with Gasteiger partial charge in [0.1, 0.15) is 0 Å². The van der Waals surface area contributed by atoms with E-state index in [1.54, 1.807) is 18.7 Å². The summed E-state index contributed by atoms with van der Waals surface area (Å²) < 4.78 is 5.41. The molecule has 0 aliphatic heterocycles. The van der Waals surface area contributed by atoms with Crippen molar-refractivity contribution in [3.05, 3.63) is 41.3 Å². The van der Waals surface area contributed by atoms with Crippen molar-refractivity contribution in [3.8, 4) is 0 Å². The lowest BCUT2D eigenvalue weighted by atomic mass is 9.88. The van der Waals surface area contributed by atoms with E-state index in [0.29, 0.717) is 16.4 Å². The van der Waals surface area contributed by atoms with Gasteiger partial charge in [0.2, 0.25) is 5.89 Å². The summed E-state index contributed by atoms with van der Waals surface area (Å²) in [6.45, 7) is 1.80. The number of nitrogens with two attached hydrogens (primary N) is 1. The van der Waals surface area contributed by atoms with Crippen LogP contribution in [0.25, 0.3) is 0 Å². The van der Waals surface area contributed by atoms with Gasteiger partial charge in [0.05, 0.1) is 0 Å². The molecule has 2 aromatic rings. The Labute approximate surface area is 110 Å². The number of benzene rings is 1. The Bertz CT molecular complexity index is 555. The lowest BCUT2D eigenvalue weighted by Gasteiger charge is -2.29. The number of rotatable bonds is 2. The average molecular weight is 261 g/mol. The van der Waals surface area contributed by atoms with Crippen molar-refractivity contribution in [3.63, 3.8) is 0 Å². The third-order valence-electron chi connectivity index (χ3n) is 3.27. The first-order valence-electron chi connectivity index (χ1n) is 6.04. The molecule has 94 valence electrons. The highest BCUT2D eigenvalue weighted by Gasteiger charge is 2.28. The summed E-state index contributed by atoms with van der Waals surface area (Å²) in [7, 11) is 0. The summed E-state index contributed by atoms with van der Waals surface area (Å²) in [6.07, 6.45) is 2.11. The van der Waals surface area contributed by atoms with E-state index in [9.17, 15) is 0 Å². The van der Waals surface area contributed by atoms with E-state index in [1.165, 1.54) is 11.1 Å². The highest BCUT2D eigenvalue weighted by Crippen LogP contribution is 2.38. The standard InChI is InChI=1S/C13H15N3OS/c1-8-15-16-13(17-8)18-11-7-6-9-4-2-3-5-10(9)12(11)14/h2-5,11-12H,6-7,14H2,1H3. The second-order valence-electron chi connectivity index (χ2n) is 4.51. The maximum Gasteiger partial charge on any atom is 0.276 e. The van der Waals surface area contributed by atoms with E-state index < -0.39 is 0 Å². The van der Waals surface area contributed by atoms with Crippen LogP contribution in [0, 0.1) is 6.92 Å². The maximum atomic E-state index is 6.33. The molecule has 0 saturated carbocycles. The van der Waals surface area contributed by atoms with Gasteiger partial charge < -0.3 is 10.2 Å². The molecule has 0 saturated heterocycles. The zero-order chi connectivity index (χ0) is 12.5. The van der Waals surface area contributed by atoms with E-state index in [4.69, 9.17) is 10.2 Å². The Kier molecular flexibility index (Phi) is 3.09. The molecule has 1 aliphatic rings. The quantitative estimate of drug-likeness (QED) is 0.899. The molecule has 5 heteroatoms. The average Bonchev–Trinajstić information content (AvgIpc) is 2.79. The van der Waals surface area contributed by atoms with Crippen molar-refractivity contribution in [2.45, 2.75) is 36.3 Å². The minimum atomic E-state index is 0.0344. The van der Waals surface area contributed by atoms with E-state index in [-0.39, 0.29) is 6.04 Å². The number of fused-ring (bicyclic) bond motifs is 1. The number of hydrogen-bond acceptors (Lipinski definition) is 5. The molecule has 0 radical (unpaired) electrons. The van der Waals surface area contributed by atoms with Gasteiger partial charge in [0.15, 0.2) is 0 Å². The van der Waals surface area contributed by atoms with Crippen LogP contribution in [-0.4, -0.2) is 15.4 Å². The summed E-state index contributed by atoms with van der Waals surface area (Å²) in [5.41, 5.74) is 8.95. The number of hydrogen-bond donors (Lipinski definition) is 1. The largest absolute Gasteiger partial charge is 0.416 e. The lowest BCUT2D eigenvalue weighted by Crippen LogP contribution is -2.29. The van der Waals surface area contributed by atoms with Crippen LogP contribution in [0.2, 0.25) is 0 Å². The molecule has 0 bridgehead atoms. The Balaban J connectivity index is 1.80. The smallest absolute Gasteiger partial charge is 0.276 e. The molecule has 0 fully saturated rings. The zero-order valence-electron chi connectivity index (χ0n) is 10.2. The van der Waals surface area contributed by atoms with Gasteiger partial charge in [-0.1, -0.05) is 36.0 Å². The van der Waals surface area contributed by atoms with Gasteiger partial charge in [-0.25, -0.2) is 0 Å². The molecule has 1 aliphatic carbocycles. The molecule has 0 amide bonds. The summed E-state index contributed by atoms with van der Waals surface area (Å²) in [4.78, 5) is 0. The molecule has 0 spiro atoms. The summed E-state index contributed by atoms with van der Waals surface area (Å²) in [6, 6.07) is 8.42. The highest BCUT2D eigenvalue weighted by atomic mass is 32.2. The van der Waals surface area contributed by atoms with Crippen LogP contribution >= 0.6 is 11.8 Å². The highest BCUT2D eigenvalue weighted by molar-refractivity contribution is 7.99. The van der Waals surface area contributed by atoms with Crippen LogP contribution < -0.4 is 5.73 Å². The summed E-state index contributed by atoms with van der Waals surface area (Å²) >= 11 is 1.59. The molecular formula is C13H15N3OS. The normalized spacial score (nSPS) is 22.8. The first kappa shape index (κ1) is 11.7. The first-order valence-corrected chi connectivity index (χ1v) is 6.92. The van der Waals surface area contributed by atoms with Crippen molar-refractivity contribution in [2.24, 2.45) is 5.73 Å². The van der Waals surface area contributed by atoms with Crippen LogP contribution in [0.4, 0.5) is 0 Å². The van der Waals surface area contributed by atoms with Gasteiger partial charge in [-0.3, -0.25) is 0 Å². The molecular weight excluding hydrogens is 246 g/mol. The number of aromatic nitrogens is 2. The van der Waals surface area contributed by atoms with Crippen LogP contribution in [0.5, 0.6) is 0 Å². The van der Waals surface area contributed by atoms with Crippen molar-refractivity contribution in [2.75, 3.05) is 0 Å². The molecule has 3 rings (SSSR count). The van der Waals surface area contributed by atoms with E-state index in [0.717, 1.165) is 12.8 Å². The van der Waals surface area contributed by atoms with E-state index >= 15 is 0 Å². The Morgan fingerprint density at radius 3 is 2.94 bits per heavy atom. The van der Waals surface area contributed by atoms with Crippen LogP contribution in [0.15, 0.2) is 33.9 Å². The Morgan fingerprint density at radius 2 is 2.17 bits per heavy atom. The molecule has 1 aromatic heterocycles. The van der Waals surface area contributed by atoms with Crippen molar-refractivity contribution in [1.29, 1.82) is 0 Å². The molecule has 4 nitrogen and oxygen atoms in total. The minimum absolute atomic E-state index is 0.0344. The molecule has 2 unspecified atom stereocenters. The second-order valence-corrected chi connectivity index (χ2v) is 5.70. The van der Waals surface area contributed by atoms with Crippen molar-refractivity contribution < 1.29 is 4.42 Å². The van der Waals surface area contributed by atoms with Gasteiger partial charge in [0.25, 0.3) is 5.22 Å². The van der Waals surface area contributed by atoms with Gasteiger partial charge in [-0.2, -0.15) is 0 Å². The molecule has 2 atom stereocenters. The van der Waals surface area contributed by atoms with E-state index in [1.807, 2.05) is 6.07 Å². The van der Waals surface area contributed by atoms with Crippen molar-refractivity contribution >= 4 is 11.8 Å². The monoisotopic (exact) mass is 261 g/mol. The van der Waals surface area contributed by atoms with Crippen LogP contribution in [0.3, 0.4) is 0 Å². The third kappa shape index (κ3) is 2.15. The first-order chi connectivity index (χ1) is 8.74. The van der Waals surface area contributed by atoms with Gasteiger partial charge in [0, 0.05) is 18.2 Å². The Morgan fingerprint density at radius 1 is 1.33 bits per heavy atom. The van der Waals surface area contributed by atoms with Crippen molar-refractivity contribution in [1.82, 2.24) is 10.2 Å². The SMILES string of the molecule is Cc1nnc(SC2CCc3ccccc3C2N)o1. The summed E-state index contributed by atoms with van der Waals surface area (Å²) in [5.74, 6) is 0.599. The van der Waals surface area contributed by atoms with Crippen LogP contribution in [-0.2, 0) is 6.42 Å². The van der Waals surface area contributed by atoms with Gasteiger partial charge >= 0.3 is 0 Å². The topological polar surface area (TPSA) is 64.9 Å². The van der Waals surface area contributed by atoms with Gasteiger partial charge in [-0.15, -0.1) is 10.2 Å². The Hall–Kier alpha value is -1.33. The van der Waals surface area contributed by atoms with Gasteiger partial charge in [-0.05, 0) is 24.0 Å². The maximum absolute atomic E-state index is 6.33. The van der Waals surface area contributed by atoms with Crippen LogP contribution in [0.1, 0.15) is 29.5 Å².